The van der Waals surface area contributed by atoms with Gasteiger partial charge in [0.25, 0.3) is 5.91 Å². The summed E-state index contributed by atoms with van der Waals surface area (Å²) in [6.07, 6.45) is 0.323. The highest BCUT2D eigenvalue weighted by atomic mass is 19.4. The molecule has 1 saturated heterocycles. The van der Waals surface area contributed by atoms with Gasteiger partial charge in [0.05, 0.1) is 24.2 Å². The molecular weight excluding hydrogens is 395 g/mol. The summed E-state index contributed by atoms with van der Waals surface area (Å²) in [5.74, 6) is -0.316. The zero-order chi connectivity index (χ0) is 21.1. The molecule has 0 bridgehead atoms. The van der Waals surface area contributed by atoms with E-state index in [-0.39, 0.29) is 17.6 Å². The number of benzene rings is 2. The monoisotopic (exact) mass is 415 g/mol. The van der Waals surface area contributed by atoms with E-state index in [0.29, 0.717) is 30.1 Å². The SMILES string of the molecule is O=C(NC[C@H]1CCCO1)c1cncn1-c1cccc(-c2ccccc2C(F)(F)F)c1. The first-order chi connectivity index (χ1) is 14.4. The number of amides is 1. The third kappa shape index (κ3) is 4.23. The molecule has 4 rings (SSSR count). The molecule has 0 aliphatic carbocycles. The van der Waals surface area contributed by atoms with Gasteiger partial charge in [-0.15, -0.1) is 0 Å². The molecule has 1 aliphatic heterocycles. The highest BCUT2D eigenvalue weighted by Crippen LogP contribution is 2.37. The molecule has 0 unspecified atom stereocenters. The molecule has 3 aromatic rings. The van der Waals surface area contributed by atoms with Crippen molar-refractivity contribution in [1.29, 1.82) is 0 Å². The average Bonchev–Trinajstić information content (AvgIpc) is 3.43. The Morgan fingerprint density at radius 3 is 2.80 bits per heavy atom. The van der Waals surface area contributed by atoms with E-state index in [4.69, 9.17) is 4.74 Å². The fraction of sp³-hybridized carbons (Fsp3) is 0.273. The topological polar surface area (TPSA) is 56.1 Å². The lowest BCUT2D eigenvalue weighted by atomic mass is 9.99. The number of nitrogens with zero attached hydrogens (tertiary/aromatic N) is 2. The summed E-state index contributed by atoms with van der Waals surface area (Å²) >= 11 is 0. The van der Waals surface area contributed by atoms with Crippen LogP contribution in [-0.2, 0) is 10.9 Å². The number of carbonyl (C=O) groups is 1. The molecule has 0 spiro atoms. The molecule has 1 N–H and O–H groups in total. The Morgan fingerprint density at radius 1 is 1.20 bits per heavy atom. The molecule has 2 heterocycles. The van der Waals surface area contributed by atoms with E-state index < -0.39 is 11.7 Å². The lowest BCUT2D eigenvalue weighted by Gasteiger charge is -2.15. The molecule has 5 nitrogen and oxygen atoms in total. The van der Waals surface area contributed by atoms with E-state index in [2.05, 4.69) is 10.3 Å². The first-order valence-electron chi connectivity index (χ1n) is 9.62. The number of carbonyl (C=O) groups excluding carboxylic acids is 1. The van der Waals surface area contributed by atoms with Crippen molar-refractivity contribution in [1.82, 2.24) is 14.9 Å². The predicted molar refractivity (Wildman–Crippen MR) is 105 cm³/mol. The van der Waals surface area contributed by atoms with Crippen LogP contribution in [0.25, 0.3) is 16.8 Å². The van der Waals surface area contributed by atoms with Crippen LogP contribution in [0.15, 0.2) is 61.1 Å². The molecular formula is C22H20F3N3O2. The van der Waals surface area contributed by atoms with Crippen molar-refractivity contribution in [2.45, 2.75) is 25.1 Å². The van der Waals surface area contributed by atoms with Gasteiger partial charge in [0.1, 0.15) is 5.69 Å². The smallest absolute Gasteiger partial charge is 0.376 e. The van der Waals surface area contributed by atoms with Gasteiger partial charge in [0, 0.05) is 18.8 Å². The van der Waals surface area contributed by atoms with Gasteiger partial charge in [-0.2, -0.15) is 13.2 Å². The largest absolute Gasteiger partial charge is 0.417 e. The van der Waals surface area contributed by atoms with Crippen LogP contribution < -0.4 is 5.32 Å². The first-order valence-corrected chi connectivity index (χ1v) is 9.62. The van der Waals surface area contributed by atoms with Crippen molar-refractivity contribution in [3.63, 3.8) is 0 Å². The number of aromatic nitrogens is 2. The molecule has 0 radical (unpaired) electrons. The summed E-state index contributed by atoms with van der Waals surface area (Å²) < 4.78 is 47.3. The van der Waals surface area contributed by atoms with Crippen LogP contribution in [0.4, 0.5) is 13.2 Å². The maximum atomic E-state index is 13.4. The second-order valence-electron chi connectivity index (χ2n) is 7.09. The van der Waals surface area contributed by atoms with Crippen LogP contribution in [-0.4, -0.2) is 34.7 Å². The van der Waals surface area contributed by atoms with Crippen molar-refractivity contribution >= 4 is 5.91 Å². The summed E-state index contributed by atoms with van der Waals surface area (Å²) in [5.41, 5.74) is 0.622. The summed E-state index contributed by atoms with van der Waals surface area (Å²) in [7, 11) is 0. The number of imidazole rings is 1. The average molecular weight is 415 g/mol. The predicted octanol–water partition coefficient (Wildman–Crippen LogP) is 4.47. The summed E-state index contributed by atoms with van der Waals surface area (Å²) in [5, 5.41) is 2.84. The molecule has 2 aromatic carbocycles. The Morgan fingerprint density at radius 2 is 2.03 bits per heavy atom. The van der Waals surface area contributed by atoms with Crippen molar-refractivity contribution in [3.8, 4) is 16.8 Å². The second-order valence-corrected chi connectivity index (χ2v) is 7.09. The standard InChI is InChI=1S/C22H20F3N3O2/c23-22(24,25)19-9-2-1-8-18(19)15-5-3-6-16(11-15)28-14-26-13-20(28)21(29)27-12-17-7-4-10-30-17/h1-3,5-6,8-9,11,13-14,17H,4,7,10,12H2,(H,27,29)/t17-/m1/s1. The number of hydrogen-bond donors (Lipinski definition) is 1. The van der Waals surface area contributed by atoms with Crippen LogP contribution in [0.2, 0.25) is 0 Å². The molecule has 8 heteroatoms. The van der Waals surface area contributed by atoms with Gasteiger partial charge in [-0.05, 0) is 42.2 Å². The van der Waals surface area contributed by atoms with E-state index in [0.717, 1.165) is 18.9 Å². The summed E-state index contributed by atoms with van der Waals surface area (Å²) in [6.45, 7) is 1.10. The summed E-state index contributed by atoms with van der Waals surface area (Å²) in [4.78, 5) is 16.7. The number of rotatable bonds is 5. The molecule has 1 aromatic heterocycles. The third-order valence-electron chi connectivity index (χ3n) is 5.05. The van der Waals surface area contributed by atoms with Gasteiger partial charge in [-0.3, -0.25) is 9.36 Å². The fourth-order valence-electron chi connectivity index (χ4n) is 3.58. The fourth-order valence-corrected chi connectivity index (χ4v) is 3.58. The van der Waals surface area contributed by atoms with Crippen molar-refractivity contribution in [2.24, 2.45) is 0 Å². The van der Waals surface area contributed by atoms with Gasteiger partial charge in [-0.25, -0.2) is 4.98 Å². The Labute approximate surface area is 171 Å². The zero-order valence-corrected chi connectivity index (χ0v) is 16.0. The third-order valence-corrected chi connectivity index (χ3v) is 5.05. The number of hydrogen-bond acceptors (Lipinski definition) is 3. The summed E-state index contributed by atoms with van der Waals surface area (Å²) in [6, 6.07) is 12.0. The van der Waals surface area contributed by atoms with Crippen LogP contribution in [0.1, 0.15) is 28.9 Å². The van der Waals surface area contributed by atoms with Gasteiger partial charge in [0.15, 0.2) is 0 Å². The Kier molecular flexibility index (Phi) is 5.59. The lowest BCUT2D eigenvalue weighted by molar-refractivity contribution is -0.137. The van der Waals surface area contributed by atoms with E-state index in [1.165, 1.54) is 24.7 Å². The van der Waals surface area contributed by atoms with Crippen LogP contribution in [0.3, 0.4) is 0 Å². The van der Waals surface area contributed by atoms with Crippen molar-refractivity contribution < 1.29 is 22.7 Å². The van der Waals surface area contributed by atoms with Gasteiger partial charge >= 0.3 is 6.18 Å². The van der Waals surface area contributed by atoms with Gasteiger partial charge in [0.2, 0.25) is 0 Å². The molecule has 156 valence electrons. The molecule has 1 aliphatic rings. The van der Waals surface area contributed by atoms with Crippen LogP contribution in [0, 0.1) is 0 Å². The van der Waals surface area contributed by atoms with Gasteiger partial charge < -0.3 is 10.1 Å². The molecule has 1 atom stereocenters. The van der Waals surface area contributed by atoms with E-state index in [9.17, 15) is 18.0 Å². The number of nitrogens with one attached hydrogen (secondary N) is 1. The first kappa shape index (κ1) is 20.2. The Balaban J connectivity index is 1.62. The van der Waals surface area contributed by atoms with Gasteiger partial charge in [-0.1, -0.05) is 30.3 Å². The Bertz CT molecular complexity index is 1040. The second kappa shape index (κ2) is 8.31. The molecule has 0 saturated carbocycles. The van der Waals surface area contributed by atoms with Crippen LogP contribution >= 0.6 is 0 Å². The van der Waals surface area contributed by atoms with Crippen molar-refractivity contribution in [3.05, 3.63) is 72.3 Å². The molecule has 30 heavy (non-hydrogen) atoms. The quantitative estimate of drug-likeness (QED) is 0.669. The van der Waals surface area contributed by atoms with Crippen molar-refractivity contribution in [2.75, 3.05) is 13.2 Å². The normalized spacial score (nSPS) is 16.6. The molecule has 1 amide bonds. The minimum absolute atomic E-state index is 0.00696. The maximum absolute atomic E-state index is 13.4. The Hall–Kier alpha value is -3.13. The van der Waals surface area contributed by atoms with E-state index >= 15 is 0 Å². The highest BCUT2D eigenvalue weighted by Gasteiger charge is 2.33. The minimum Gasteiger partial charge on any atom is -0.376 e. The molecule has 1 fully saturated rings. The van der Waals surface area contributed by atoms with Crippen LogP contribution in [0.5, 0.6) is 0 Å². The van der Waals surface area contributed by atoms with E-state index in [1.54, 1.807) is 34.9 Å². The number of alkyl halides is 3. The maximum Gasteiger partial charge on any atom is 0.417 e. The number of ether oxygens (including phenoxy) is 1. The zero-order valence-electron chi connectivity index (χ0n) is 16.0. The lowest BCUT2D eigenvalue weighted by Crippen LogP contribution is -2.32. The minimum atomic E-state index is -4.46. The number of halogens is 3. The highest BCUT2D eigenvalue weighted by molar-refractivity contribution is 5.93. The van der Waals surface area contributed by atoms with E-state index in [1.807, 2.05) is 0 Å².